The molecule has 1 aromatic heterocycles. The molecule has 0 spiro atoms. The number of methoxy groups -OCH3 is 1. The molecule has 174 valence electrons. The number of rotatable bonds is 11. The van der Waals surface area contributed by atoms with Crippen molar-refractivity contribution in [3.8, 4) is 0 Å². The molecular weight excluding hydrogens is 463 g/mol. The van der Waals surface area contributed by atoms with Crippen molar-refractivity contribution in [2.24, 2.45) is 0 Å². The molecule has 0 atom stereocenters. The second kappa shape index (κ2) is 12.5. The van der Waals surface area contributed by atoms with Crippen LogP contribution in [-0.2, 0) is 22.6 Å². The average Bonchev–Trinajstić information content (AvgIpc) is 3.32. The summed E-state index contributed by atoms with van der Waals surface area (Å²) in [5, 5.41) is 2.41. The van der Waals surface area contributed by atoms with Crippen molar-refractivity contribution < 1.29 is 18.7 Å². The topological polar surface area (TPSA) is 49.9 Å². The number of thiophene rings is 1. The highest BCUT2D eigenvalue weighted by molar-refractivity contribution is 7.09. The second-order valence-corrected chi connectivity index (χ2v) is 9.01. The largest absolute Gasteiger partial charge is 0.385 e. The Labute approximate surface area is 202 Å². The summed E-state index contributed by atoms with van der Waals surface area (Å²) in [5.74, 6) is -0.786. The normalized spacial score (nSPS) is 10.8. The molecule has 0 fully saturated rings. The van der Waals surface area contributed by atoms with Crippen molar-refractivity contribution in [1.82, 2.24) is 9.80 Å². The Morgan fingerprint density at radius 2 is 1.82 bits per heavy atom. The Morgan fingerprint density at radius 1 is 1.03 bits per heavy atom. The van der Waals surface area contributed by atoms with Gasteiger partial charge >= 0.3 is 0 Å². The van der Waals surface area contributed by atoms with Gasteiger partial charge in [-0.25, -0.2) is 4.39 Å². The second-order valence-electron chi connectivity index (χ2n) is 7.54. The lowest BCUT2D eigenvalue weighted by molar-refractivity contribution is -0.133. The molecule has 0 saturated heterocycles. The van der Waals surface area contributed by atoms with Gasteiger partial charge in [-0.2, -0.15) is 0 Å². The van der Waals surface area contributed by atoms with Gasteiger partial charge in [-0.3, -0.25) is 9.59 Å². The molecule has 0 aliphatic carbocycles. The molecule has 33 heavy (non-hydrogen) atoms. The van der Waals surface area contributed by atoms with E-state index in [1.165, 1.54) is 17.0 Å². The summed E-state index contributed by atoms with van der Waals surface area (Å²) < 4.78 is 18.5. The van der Waals surface area contributed by atoms with Crippen LogP contribution in [0.3, 0.4) is 0 Å². The third-order valence-electron chi connectivity index (χ3n) is 5.03. The summed E-state index contributed by atoms with van der Waals surface area (Å²) in [7, 11) is 1.60. The van der Waals surface area contributed by atoms with Crippen molar-refractivity contribution in [2.75, 3.05) is 26.8 Å². The first kappa shape index (κ1) is 24.9. The number of amides is 2. The lowest BCUT2D eigenvalue weighted by Gasteiger charge is -2.28. The fourth-order valence-corrected chi connectivity index (χ4v) is 4.26. The van der Waals surface area contributed by atoms with Crippen LogP contribution >= 0.6 is 22.9 Å². The molecule has 0 saturated carbocycles. The van der Waals surface area contributed by atoms with E-state index >= 15 is 0 Å². The number of halogens is 2. The fraction of sp³-hybridized carbons (Fsp3) is 0.280. The van der Waals surface area contributed by atoms with Gasteiger partial charge in [0.1, 0.15) is 12.4 Å². The lowest BCUT2D eigenvalue weighted by atomic mass is 10.1. The zero-order valence-corrected chi connectivity index (χ0v) is 19.9. The van der Waals surface area contributed by atoms with Gasteiger partial charge in [0.25, 0.3) is 5.91 Å². The first-order valence-electron chi connectivity index (χ1n) is 10.5. The van der Waals surface area contributed by atoms with Gasteiger partial charge < -0.3 is 14.5 Å². The predicted molar refractivity (Wildman–Crippen MR) is 129 cm³/mol. The smallest absolute Gasteiger partial charge is 0.254 e. The molecular formula is C25H26ClFN2O3S. The van der Waals surface area contributed by atoms with Gasteiger partial charge in [0.15, 0.2) is 0 Å². The standard InChI is InChI=1S/C25H26ClFN2O3S/c1-32-13-4-12-28(25(31)20-5-2-6-21(26)15-20)18-24(30)29(17-23-7-3-14-33-23)16-19-8-10-22(27)11-9-19/h2-3,5-11,14-15H,4,12-13,16-18H2,1H3. The first-order chi connectivity index (χ1) is 16.0. The Morgan fingerprint density at radius 3 is 2.48 bits per heavy atom. The summed E-state index contributed by atoms with van der Waals surface area (Å²) in [6.07, 6.45) is 0.596. The quantitative estimate of drug-likeness (QED) is 0.346. The van der Waals surface area contributed by atoms with Gasteiger partial charge in [-0.15, -0.1) is 11.3 Å². The highest BCUT2D eigenvalue weighted by Gasteiger charge is 2.23. The molecule has 3 aromatic rings. The first-order valence-corrected chi connectivity index (χ1v) is 11.8. The van der Waals surface area contributed by atoms with Crippen LogP contribution in [0.15, 0.2) is 66.0 Å². The van der Waals surface area contributed by atoms with Crippen LogP contribution in [0.4, 0.5) is 4.39 Å². The van der Waals surface area contributed by atoms with Crippen LogP contribution in [0, 0.1) is 5.82 Å². The minimum absolute atomic E-state index is 0.0817. The summed E-state index contributed by atoms with van der Waals surface area (Å²) in [4.78, 5) is 30.8. The number of carbonyl (C=O) groups is 2. The van der Waals surface area contributed by atoms with E-state index in [4.69, 9.17) is 16.3 Å². The molecule has 0 bridgehead atoms. The molecule has 2 amide bonds. The SMILES string of the molecule is COCCCN(CC(=O)N(Cc1ccc(F)cc1)Cc1cccs1)C(=O)c1cccc(Cl)c1. The summed E-state index contributed by atoms with van der Waals surface area (Å²) in [6, 6.07) is 16.7. The highest BCUT2D eigenvalue weighted by atomic mass is 35.5. The molecule has 0 aliphatic heterocycles. The molecule has 5 nitrogen and oxygen atoms in total. The van der Waals surface area contributed by atoms with Crippen LogP contribution in [0.1, 0.15) is 27.2 Å². The van der Waals surface area contributed by atoms with Gasteiger partial charge in [0, 0.05) is 42.3 Å². The minimum atomic E-state index is -0.327. The number of hydrogen-bond donors (Lipinski definition) is 0. The number of carbonyl (C=O) groups excluding carboxylic acids is 2. The summed E-state index contributed by atoms with van der Waals surface area (Å²) >= 11 is 7.62. The Kier molecular flexibility index (Phi) is 9.42. The van der Waals surface area contributed by atoms with Crippen molar-refractivity contribution in [3.63, 3.8) is 0 Å². The van der Waals surface area contributed by atoms with Crippen molar-refractivity contribution in [1.29, 1.82) is 0 Å². The van der Waals surface area contributed by atoms with Gasteiger partial charge in [-0.1, -0.05) is 35.9 Å². The van der Waals surface area contributed by atoms with E-state index in [0.717, 1.165) is 10.4 Å². The van der Waals surface area contributed by atoms with E-state index in [9.17, 15) is 14.0 Å². The lowest BCUT2D eigenvalue weighted by Crippen LogP contribution is -2.43. The Bertz CT molecular complexity index is 1040. The number of nitrogens with zero attached hydrogens (tertiary/aromatic N) is 2. The maximum atomic E-state index is 13.4. The van der Waals surface area contributed by atoms with Crippen LogP contribution in [0.5, 0.6) is 0 Å². The number of ether oxygens (including phenoxy) is 1. The third kappa shape index (κ3) is 7.67. The van der Waals surface area contributed by atoms with E-state index < -0.39 is 0 Å². The summed E-state index contributed by atoms with van der Waals surface area (Å²) in [5.41, 5.74) is 1.24. The fourth-order valence-electron chi connectivity index (χ4n) is 3.35. The molecule has 0 radical (unpaired) electrons. The average molecular weight is 489 g/mol. The Balaban J connectivity index is 1.79. The molecule has 0 aliphatic rings. The van der Waals surface area contributed by atoms with Crippen LogP contribution in [-0.4, -0.2) is 48.4 Å². The summed E-state index contributed by atoms with van der Waals surface area (Å²) in [6.45, 7) is 1.48. The molecule has 1 heterocycles. The third-order valence-corrected chi connectivity index (χ3v) is 6.12. The van der Waals surface area contributed by atoms with Crippen LogP contribution in [0.25, 0.3) is 0 Å². The van der Waals surface area contributed by atoms with Gasteiger partial charge in [0.2, 0.25) is 5.91 Å². The monoisotopic (exact) mass is 488 g/mol. The van der Waals surface area contributed by atoms with Gasteiger partial charge in [0.05, 0.1) is 6.54 Å². The highest BCUT2D eigenvalue weighted by Crippen LogP contribution is 2.17. The zero-order valence-electron chi connectivity index (χ0n) is 18.4. The Hall–Kier alpha value is -2.74. The minimum Gasteiger partial charge on any atom is -0.385 e. The predicted octanol–water partition coefficient (Wildman–Crippen LogP) is 5.25. The van der Waals surface area contributed by atoms with Crippen molar-refractivity contribution in [2.45, 2.75) is 19.5 Å². The molecule has 0 unspecified atom stereocenters. The van der Waals surface area contributed by atoms with Crippen LogP contribution < -0.4 is 0 Å². The van der Waals surface area contributed by atoms with E-state index in [2.05, 4.69) is 0 Å². The van der Waals surface area contributed by atoms with Crippen molar-refractivity contribution in [3.05, 3.63) is 92.9 Å². The van der Waals surface area contributed by atoms with E-state index in [1.807, 2.05) is 17.5 Å². The number of benzene rings is 2. The van der Waals surface area contributed by atoms with Gasteiger partial charge in [-0.05, 0) is 53.8 Å². The maximum absolute atomic E-state index is 13.4. The van der Waals surface area contributed by atoms with E-state index in [1.54, 1.807) is 59.7 Å². The number of hydrogen-bond acceptors (Lipinski definition) is 4. The zero-order chi connectivity index (χ0) is 23.6. The maximum Gasteiger partial charge on any atom is 0.254 e. The molecule has 0 N–H and O–H groups in total. The molecule has 8 heteroatoms. The van der Waals surface area contributed by atoms with Crippen molar-refractivity contribution >= 4 is 34.8 Å². The molecule has 3 rings (SSSR count). The van der Waals surface area contributed by atoms with E-state index in [-0.39, 0.29) is 24.2 Å². The van der Waals surface area contributed by atoms with Crippen LogP contribution in [0.2, 0.25) is 5.02 Å². The molecule has 2 aromatic carbocycles. The van der Waals surface area contributed by atoms with E-state index in [0.29, 0.717) is 43.2 Å².